The van der Waals surface area contributed by atoms with Crippen molar-refractivity contribution >= 4 is 17.8 Å². The number of rotatable bonds is 7. The van der Waals surface area contributed by atoms with Gasteiger partial charge in [0.1, 0.15) is 23.7 Å². The smallest absolute Gasteiger partial charge is 0.416 e. The molecule has 1 aromatic heterocycles. The largest absolute Gasteiger partial charge is 0.487 e. The average Bonchev–Trinajstić information content (AvgIpc) is 2.71. The number of guanidine groups is 1. The molecule has 12 heteroatoms. The number of carbonyl (C=O) groups is 1. The van der Waals surface area contributed by atoms with Crippen LogP contribution in [0.15, 0.2) is 52.8 Å². The first-order chi connectivity index (χ1) is 15.3. The Balaban J connectivity index is 2.04. The lowest BCUT2D eigenvalue weighted by Crippen LogP contribution is -2.36. The van der Waals surface area contributed by atoms with Crippen molar-refractivity contribution in [2.24, 2.45) is 21.7 Å². The molecule has 5 N–H and O–H groups in total. The number of amides is 1. The van der Waals surface area contributed by atoms with Crippen molar-refractivity contribution in [2.45, 2.75) is 39.2 Å². The topological polar surface area (TPSA) is 137 Å². The molecular weight excluding hydrogens is 441 g/mol. The number of ether oxygens (including phenoxy) is 2. The fourth-order valence-corrected chi connectivity index (χ4v) is 2.36. The lowest BCUT2D eigenvalue weighted by atomic mass is 10.1. The minimum atomic E-state index is -4.39. The Morgan fingerprint density at radius 1 is 1.06 bits per heavy atom. The van der Waals surface area contributed by atoms with Crippen molar-refractivity contribution in [1.29, 1.82) is 0 Å². The molecule has 0 saturated carbocycles. The van der Waals surface area contributed by atoms with Gasteiger partial charge < -0.3 is 26.3 Å². The van der Waals surface area contributed by atoms with Crippen molar-refractivity contribution in [3.05, 3.63) is 59.4 Å². The van der Waals surface area contributed by atoms with Gasteiger partial charge in [0.2, 0.25) is 5.96 Å². The molecule has 0 atom stereocenters. The molecule has 9 nitrogen and oxygen atoms in total. The van der Waals surface area contributed by atoms with Gasteiger partial charge in [-0.1, -0.05) is 12.1 Å². The van der Waals surface area contributed by atoms with Gasteiger partial charge in [-0.15, -0.1) is 10.2 Å². The number of nitrogens with one attached hydrogen (secondary N) is 1. The van der Waals surface area contributed by atoms with Crippen LogP contribution in [0.5, 0.6) is 5.75 Å². The third kappa shape index (κ3) is 9.05. The van der Waals surface area contributed by atoms with E-state index in [9.17, 15) is 18.0 Å². The Labute approximate surface area is 188 Å². The highest BCUT2D eigenvalue weighted by molar-refractivity contribution is 6.01. The zero-order valence-electron chi connectivity index (χ0n) is 18.3. The summed E-state index contributed by atoms with van der Waals surface area (Å²) in [7, 11) is 0. The van der Waals surface area contributed by atoms with Crippen molar-refractivity contribution in [3.8, 4) is 5.75 Å². The second-order valence-electron chi connectivity index (χ2n) is 7.79. The van der Waals surface area contributed by atoms with Crippen LogP contribution in [0.2, 0.25) is 0 Å². The van der Waals surface area contributed by atoms with Crippen LogP contribution < -0.4 is 21.5 Å². The number of alkyl carbamates (subject to hydrolysis) is 1. The molecule has 2 rings (SSSR count). The number of hydrogen-bond donors (Lipinski definition) is 3. The van der Waals surface area contributed by atoms with Crippen LogP contribution in [0.1, 0.15) is 37.6 Å². The third-order valence-corrected chi connectivity index (χ3v) is 3.80. The Bertz CT molecular complexity index is 994. The van der Waals surface area contributed by atoms with Crippen LogP contribution >= 0.6 is 0 Å². The second-order valence-corrected chi connectivity index (χ2v) is 7.79. The van der Waals surface area contributed by atoms with Crippen molar-refractivity contribution < 1.29 is 27.4 Å². The van der Waals surface area contributed by atoms with Gasteiger partial charge in [-0.25, -0.2) is 4.79 Å². The predicted octanol–water partition coefficient (Wildman–Crippen LogP) is 3.18. The van der Waals surface area contributed by atoms with Crippen molar-refractivity contribution in [2.75, 3.05) is 6.54 Å². The van der Waals surface area contributed by atoms with Gasteiger partial charge in [-0.2, -0.15) is 13.2 Å². The van der Waals surface area contributed by atoms with Crippen molar-refractivity contribution in [1.82, 2.24) is 10.3 Å². The van der Waals surface area contributed by atoms with Crippen molar-refractivity contribution in [3.63, 3.8) is 0 Å². The van der Waals surface area contributed by atoms with Gasteiger partial charge in [-0.3, -0.25) is 4.98 Å². The Hall–Kier alpha value is -3.83. The molecule has 0 radical (unpaired) electrons. The number of carbonyl (C=O) groups excluding carboxylic acids is 1. The number of hydrogen-bond acceptors (Lipinski definition) is 6. The van der Waals surface area contributed by atoms with Crippen LogP contribution in [-0.2, 0) is 17.5 Å². The molecule has 0 saturated heterocycles. The molecule has 33 heavy (non-hydrogen) atoms. The van der Waals surface area contributed by atoms with E-state index in [4.69, 9.17) is 20.9 Å². The van der Waals surface area contributed by atoms with E-state index in [0.29, 0.717) is 17.0 Å². The lowest BCUT2D eigenvalue weighted by molar-refractivity contribution is -0.137. The van der Waals surface area contributed by atoms with Crippen LogP contribution in [0.3, 0.4) is 0 Å². The zero-order valence-corrected chi connectivity index (χ0v) is 18.3. The molecular formula is C21H25F3N6O3. The number of aromatic nitrogens is 1. The van der Waals surface area contributed by atoms with Crippen LogP contribution in [0.4, 0.5) is 18.0 Å². The maximum absolute atomic E-state index is 12.6. The fraction of sp³-hybridized carbons (Fsp3) is 0.333. The summed E-state index contributed by atoms with van der Waals surface area (Å²) in [6.45, 7) is 5.17. The Kier molecular flexibility index (Phi) is 8.21. The maximum Gasteiger partial charge on any atom is 0.416 e. The molecule has 0 unspecified atom stereocenters. The maximum atomic E-state index is 12.6. The number of nitrogens with zero attached hydrogens (tertiary/aromatic N) is 3. The standard InChI is InChI=1S/C21H25F3N6O3/c1-20(2,3)33-19(31)28-11-17(29-30-18(25)26)16-9-8-15(10-27-16)32-12-13-4-6-14(7-5-13)21(22,23)24/h4-10H,11-12H2,1-3H3,(H,28,31)(H4,25,26,30)/b29-17+. The first-order valence-corrected chi connectivity index (χ1v) is 9.71. The minimum absolute atomic E-state index is 0.0499. The van der Waals surface area contributed by atoms with E-state index in [2.05, 4.69) is 20.5 Å². The van der Waals surface area contributed by atoms with Crippen LogP contribution in [-0.4, -0.2) is 34.9 Å². The molecule has 2 aromatic rings. The molecule has 0 bridgehead atoms. The normalized spacial score (nSPS) is 12.1. The molecule has 0 fully saturated rings. The average molecular weight is 466 g/mol. The summed E-state index contributed by atoms with van der Waals surface area (Å²) < 4.78 is 48.7. The third-order valence-electron chi connectivity index (χ3n) is 3.80. The van der Waals surface area contributed by atoms with E-state index >= 15 is 0 Å². The van der Waals surface area contributed by atoms with Gasteiger partial charge in [0.25, 0.3) is 0 Å². The number of alkyl halides is 3. The second kappa shape index (κ2) is 10.7. The van der Waals surface area contributed by atoms with E-state index in [-0.39, 0.29) is 24.8 Å². The molecule has 0 aliphatic heterocycles. The van der Waals surface area contributed by atoms with E-state index < -0.39 is 23.4 Å². The minimum Gasteiger partial charge on any atom is -0.487 e. The number of nitrogens with two attached hydrogens (primary N) is 2. The van der Waals surface area contributed by atoms with Gasteiger partial charge >= 0.3 is 12.3 Å². The first kappa shape index (κ1) is 25.4. The molecule has 1 heterocycles. The summed E-state index contributed by atoms with van der Waals surface area (Å²) in [6.07, 6.45) is -3.65. The van der Waals surface area contributed by atoms with Gasteiger partial charge in [0.05, 0.1) is 24.0 Å². The summed E-state index contributed by atoms with van der Waals surface area (Å²) in [5.74, 6) is 0.0983. The molecule has 0 aliphatic rings. The highest BCUT2D eigenvalue weighted by Crippen LogP contribution is 2.29. The summed E-state index contributed by atoms with van der Waals surface area (Å²) in [5.41, 5.74) is 10.4. The molecule has 1 aromatic carbocycles. The summed E-state index contributed by atoms with van der Waals surface area (Å²) in [6, 6.07) is 7.82. The lowest BCUT2D eigenvalue weighted by Gasteiger charge is -2.19. The van der Waals surface area contributed by atoms with E-state index in [0.717, 1.165) is 12.1 Å². The number of pyridine rings is 1. The molecule has 1 amide bonds. The highest BCUT2D eigenvalue weighted by atomic mass is 19.4. The summed E-state index contributed by atoms with van der Waals surface area (Å²) >= 11 is 0. The summed E-state index contributed by atoms with van der Waals surface area (Å²) in [5, 5.41) is 10.0. The SMILES string of the molecule is CC(C)(C)OC(=O)NC/C(=N\N=C(N)N)c1ccc(OCc2ccc(C(F)(F)F)cc2)cn1. The fourth-order valence-electron chi connectivity index (χ4n) is 2.36. The number of benzene rings is 1. The Morgan fingerprint density at radius 2 is 1.73 bits per heavy atom. The predicted molar refractivity (Wildman–Crippen MR) is 117 cm³/mol. The van der Waals surface area contributed by atoms with Gasteiger partial charge in [-0.05, 0) is 50.6 Å². The van der Waals surface area contributed by atoms with Crippen LogP contribution in [0, 0.1) is 0 Å². The monoisotopic (exact) mass is 466 g/mol. The number of halogens is 3. The van der Waals surface area contributed by atoms with E-state index in [1.165, 1.54) is 18.3 Å². The first-order valence-electron chi connectivity index (χ1n) is 9.71. The quantitative estimate of drug-likeness (QED) is 0.326. The Morgan fingerprint density at radius 3 is 2.24 bits per heavy atom. The van der Waals surface area contributed by atoms with E-state index in [1.807, 2.05) is 0 Å². The van der Waals surface area contributed by atoms with Crippen LogP contribution in [0.25, 0.3) is 0 Å². The van der Waals surface area contributed by atoms with Gasteiger partial charge in [0.15, 0.2) is 0 Å². The highest BCUT2D eigenvalue weighted by Gasteiger charge is 2.29. The molecule has 0 spiro atoms. The zero-order chi connectivity index (χ0) is 24.6. The van der Waals surface area contributed by atoms with Gasteiger partial charge in [0, 0.05) is 0 Å². The van der Waals surface area contributed by atoms with E-state index in [1.54, 1.807) is 32.9 Å². The molecule has 0 aliphatic carbocycles. The molecule has 178 valence electrons. The summed E-state index contributed by atoms with van der Waals surface area (Å²) in [4.78, 5) is 16.1.